The molecule has 21 heavy (non-hydrogen) atoms. The zero-order chi connectivity index (χ0) is 16.0. The first-order chi connectivity index (χ1) is 9.86. The highest BCUT2D eigenvalue weighted by Gasteiger charge is 2.19. The summed E-state index contributed by atoms with van der Waals surface area (Å²) in [6, 6.07) is 4.27. The van der Waals surface area contributed by atoms with Crippen molar-refractivity contribution in [2.75, 3.05) is 19.4 Å². The van der Waals surface area contributed by atoms with Gasteiger partial charge in [-0.25, -0.2) is 0 Å². The third-order valence-corrected chi connectivity index (χ3v) is 2.92. The van der Waals surface area contributed by atoms with Crippen LogP contribution in [-0.4, -0.2) is 31.5 Å². The molecule has 116 valence electrons. The molecule has 1 unspecified atom stereocenters. The van der Waals surface area contributed by atoms with Crippen LogP contribution in [0, 0.1) is 5.92 Å². The van der Waals surface area contributed by atoms with Crippen molar-refractivity contribution in [3.05, 3.63) is 23.8 Å². The van der Waals surface area contributed by atoms with Crippen LogP contribution in [0.1, 0.15) is 31.1 Å². The van der Waals surface area contributed by atoms with Gasteiger partial charge in [-0.3, -0.25) is 9.59 Å². The van der Waals surface area contributed by atoms with Crippen LogP contribution >= 0.6 is 0 Å². The summed E-state index contributed by atoms with van der Waals surface area (Å²) >= 11 is 0. The van der Waals surface area contributed by atoms with Crippen LogP contribution in [0.2, 0.25) is 0 Å². The quantitative estimate of drug-likeness (QED) is 0.686. The van der Waals surface area contributed by atoms with Gasteiger partial charge in [0.1, 0.15) is 6.04 Å². The Bertz CT molecular complexity index is 515. The molecule has 6 nitrogen and oxygen atoms in total. The Balaban J connectivity index is 2.73. The third kappa shape index (κ3) is 4.66. The van der Waals surface area contributed by atoms with Crippen LogP contribution in [0.5, 0.6) is 5.75 Å². The summed E-state index contributed by atoms with van der Waals surface area (Å²) in [6.45, 7) is 6.20. The Kier molecular flexibility index (Phi) is 6.02. The summed E-state index contributed by atoms with van der Waals surface area (Å²) in [7, 11) is 1.45. The van der Waals surface area contributed by atoms with Crippen molar-refractivity contribution in [3.8, 4) is 5.75 Å². The summed E-state index contributed by atoms with van der Waals surface area (Å²) < 4.78 is 5.13. The van der Waals surface area contributed by atoms with Gasteiger partial charge in [0.2, 0.25) is 5.91 Å². The highest BCUT2D eigenvalue weighted by atomic mass is 16.5. The van der Waals surface area contributed by atoms with Crippen molar-refractivity contribution < 1.29 is 14.3 Å². The van der Waals surface area contributed by atoms with Crippen molar-refractivity contribution in [1.29, 1.82) is 0 Å². The van der Waals surface area contributed by atoms with Gasteiger partial charge in [0.25, 0.3) is 5.91 Å². The second kappa shape index (κ2) is 7.52. The second-order valence-electron chi connectivity index (χ2n) is 5.26. The Hall–Kier alpha value is -2.24. The lowest BCUT2D eigenvalue weighted by Crippen LogP contribution is -2.45. The maximum Gasteiger partial charge on any atom is 0.255 e. The molecule has 1 atom stereocenters. The number of para-hydroxylation sites is 1. The van der Waals surface area contributed by atoms with Crippen molar-refractivity contribution in [3.63, 3.8) is 0 Å². The molecule has 0 aromatic heterocycles. The molecule has 0 aliphatic heterocycles. The molecule has 0 fully saturated rings. The number of carbonyl (C=O) groups is 2. The molecule has 1 aromatic carbocycles. The number of benzene rings is 1. The first-order valence-electron chi connectivity index (χ1n) is 6.87. The largest absolute Gasteiger partial charge is 0.494 e. The molecule has 6 heteroatoms. The normalized spacial score (nSPS) is 11.9. The Labute approximate surface area is 125 Å². The lowest BCUT2D eigenvalue weighted by atomic mass is 10.1. The number of carbonyl (C=O) groups excluding carboxylic acids is 2. The number of nitrogens with one attached hydrogen (secondary N) is 2. The molecule has 0 aliphatic carbocycles. The van der Waals surface area contributed by atoms with Crippen LogP contribution in [0.15, 0.2) is 18.2 Å². The van der Waals surface area contributed by atoms with Crippen molar-refractivity contribution in [2.45, 2.75) is 26.8 Å². The maximum atomic E-state index is 12.2. The fourth-order valence-corrected chi connectivity index (χ4v) is 1.76. The number of ether oxygens (including phenoxy) is 1. The predicted octanol–water partition coefficient (Wildman–Crippen LogP) is 1.17. The zero-order valence-electron chi connectivity index (χ0n) is 12.9. The molecule has 2 amide bonds. The summed E-state index contributed by atoms with van der Waals surface area (Å²) in [4.78, 5) is 24.1. The third-order valence-electron chi connectivity index (χ3n) is 2.92. The minimum atomic E-state index is -0.637. The fourth-order valence-electron chi connectivity index (χ4n) is 1.76. The molecule has 1 aromatic rings. The van der Waals surface area contributed by atoms with Gasteiger partial charge in [0.05, 0.1) is 18.4 Å². The Morgan fingerprint density at radius 3 is 2.52 bits per heavy atom. The Morgan fingerprint density at radius 1 is 1.29 bits per heavy atom. The molecule has 0 aliphatic rings. The molecule has 4 N–H and O–H groups in total. The average Bonchev–Trinajstić information content (AvgIpc) is 2.44. The van der Waals surface area contributed by atoms with Crippen molar-refractivity contribution >= 4 is 17.5 Å². The molecular formula is C15H23N3O3. The van der Waals surface area contributed by atoms with E-state index >= 15 is 0 Å². The predicted molar refractivity (Wildman–Crippen MR) is 82.2 cm³/mol. The highest BCUT2D eigenvalue weighted by molar-refractivity contribution is 6.00. The van der Waals surface area contributed by atoms with Gasteiger partial charge in [-0.15, -0.1) is 0 Å². The highest BCUT2D eigenvalue weighted by Crippen LogP contribution is 2.25. The number of hydrogen-bond acceptors (Lipinski definition) is 4. The molecule has 0 heterocycles. The summed E-state index contributed by atoms with van der Waals surface area (Å²) in [5.41, 5.74) is 6.44. The van der Waals surface area contributed by atoms with E-state index in [0.29, 0.717) is 29.5 Å². The molecule has 0 saturated carbocycles. The number of nitrogens with two attached hydrogens (primary N) is 1. The Morgan fingerprint density at radius 2 is 1.95 bits per heavy atom. The van der Waals surface area contributed by atoms with E-state index in [1.54, 1.807) is 25.1 Å². The van der Waals surface area contributed by atoms with Gasteiger partial charge in [0, 0.05) is 6.54 Å². The summed E-state index contributed by atoms with van der Waals surface area (Å²) in [5, 5.41) is 5.40. The van der Waals surface area contributed by atoms with E-state index in [1.165, 1.54) is 7.11 Å². The number of methoxy groups -OCH3 is 1. The van der Waals surface area contributed by atoms with Gasteiger partial charge in [-0.1, -0.05) is 19.9 Å². The number of anilines is 1. The summed E-state index contributed by atoms with van der Waals surface area (Å²) in [5.74, 6) is 0.0434. The lowest BCUT2D eigenvalue weighted by Gasteiger charge is -2.16. The molecule has 0 spiro atoms. The monoisotopic (exact) mass is 293 g/mol. The molecule has 1 rings (SSSR count). The van der Waals surface area contributed by atoms with Gasteiger partial charge < -0.3 is 21.1 Å². The van der Waals surface area contributed by atoms with Gasteiger partial charge in [-0.05, 0) is 25.0 Å². The van der Waals surface area contributed by atoms with Gasteiger partial charge in [-0.2, -0.15) is 0 Å². The van der Waals surface area contributed by atoms with Gasteiger partial charge >= 0.3 is 0 Å². The molecule has 0 saturated heterocycles. The smallest absolute Gasteiger partial charge is 0.255 e. The van der Waals surface area contributed by atoms with Crippen LogP contribution < -0.4 is 21.1 Å². The first-order valence-corrected chi connectivity index (χ1v) is 6.87. The van der Waals surface area contributed by atoms with Crippen LogP contribution in [0.4, 0.5) is 5.69 Å². The van der Waals surface area contributed by atoms with Crippen LogP contribution in [0.3, 0.4) is 0 Å². The minimum Gasteiger partial charge on any atom is -0.494 e. The van der Waals surface area contributed by atoms with E-state index in [4.69, 9.17) is 10.5 Å². The van der Waals surface area contributed by atoms with E-state index in [0.717, 1.165) is 0 Å². The average molecular weight is 293 g/mol. The number of rotatable bonds is 6. The maximum absolute atomic E-state index is 12.2. The van der Waals surface area contributed by atoms with E-state index in [-0.39, 0.29) is 5.91 Å². The fraction of sp³-hybridized carbons (Fsp3) is 0.467. The topological polar surface area (TPSA) is 93.4 Å². The van der Waals surface area contributed by atoms with Gasteiger partial charge in [0.15, 0.2) is 5.75 Å². The second-order valence-corrected chi connectivity index (χ2v) is 5.26. The van der Waals surface area contributed by atoms with E-state index in [9.17, 15) is 9.59 Å². The number of nitrogen functional groups attached to an aromatic ring is 1. The molecular weight excluding hydrogens is 270 g/mol. The van der Waals surface area contributed by atoms with E-state index in [1.807, 2.05) is 13.8 Å². The number of hydrogen-bond donors (Lipinski definition) is 3. The van der Waals surface area contributed by atoms with Crippen molar-refractivity contribution in [1.82, 2.24) is 10.6 Å². The van der Waals surface area contributed by atoms with E-state index < -0.39 is 11.9 Å². The SMILES string of the molecule is COc1c(N)cccc1C(=O)NC(C)C(=O)NCC(C)C. The van der Waals surface area contributed by atoms with Crippen LogP contribution in [-0.2, 0) is 4.79 Å². The number of amides is 2. The lowest BCUT2D eigenvalue weighted by molar-refractivity contribution is -0.122. The molecule has 0 bridgehead atoms. The zero-order valence-corrected chi connectivity index (χ0v) is 12.9. The minimum absolute atomic E-state index is 0.222. The van der Waals surface area contributed by atoms with Crippen molar-refractivity contribution in [2.24, 2.45) is 5.92 Å². The standard InChI is InChI=1S/C15H23N3O3/c1-9(2)8-17-14(19)10(3)18-15(20)11-6-5-7-12(16)13(11)21-4/h5-7,9-10H,8,16H2,1-4H3,(H,17,19)(H,18,20). The van der Waals surface area contributed by atoms with Crippen LogP contribution in [0.25, 0.3) is 0 Å². The first kappa shape index (κ1) is 16.8. The summed E-state index contributed by atoms with van der Waals surface area (Å²) in [6.07, 6.45) is 0. The molecule has 0 radical (unpaired) electrons. The van der Waals surface area contributed by atoms with E-state index in [2.05, 4.69) is 10.6 Å².